The van der Waals surface area contributed by atoms with Crippen molar-refractivity contribution in [2.45, 2.75) is 130 Å². The van der Waals surface area contributed by atoms with Gasteiger partial charge in [0.25, 0.3) is 0 Å². The van der Waals surface area contributed by atoms with E-state index < -0.39 is 143 Å². The van der Waals surface area contributed by atoms with Crippen LogP contribution in [0.15, 0.2) is 0 Å². The van der Waals surface area contributed by atoms with E-state index in [0.29, 0.717) is 0 Å². The summed E-state index contributed by atoms with van der Waals surface area (Å²) in [5, 5.41) is 124. The molecule has 0 aromatic carbocycles. The minimum absolute atomic E-state index is 0.769. The third kappa shape index (κ3) is 7.45. The van der Waals surface area contributed by atoms with Gasteiger partial charge in [-0.05, 0) is 6.92 Å². The van der Waals surface area contributed by atoms with Crippen molar-refractivity contribution in [3.05, 3.63) is 0 Å². The van der Waals surface area contributed by atoms with Crippen LogP contribution >= 0.6 is 0 Å². The molecule has 4 fully saturated rings. The average molecular weight is 665 g/mol. The molecule has 0 radical (unpaired) electrons. The van der Waals surface area contributed by atoms with Crippen LogP contribution in [0.3, 0.4) is 0 Å². The fraction of sp³-hybridized carbons (Fsp3) is 1.00. The van der Waals surface area contributed by atoms with E-state index in [1.54, 1.807) is 0 Å². The average Bonchev–Trinajstić information content (AvgIpc) is 3.03. The Balaban J connectivity index is 1.64. The molecule has 4 rings (SSSR count). The molecular weight excluding hydrogens is 620 g/mol. The fourth-order valence-electron chi connectivity index (χ4n) is 5.61. The predicted octanol–water partition coefficient (Wildman–Crippen LogP) is -8.07. The standard InChI is InChI=1S/C25H44O20/c1-6-10(29)14(33)17(36)22(39-6)45-21-19(13(32)9(5-28)41-24(21)38-2)43-25-20(16(35)12(31)8(4-27)42-25)44-23-18(37)15(34)11(30)7(3-26)40-23/h6-37H,3-5H2,1-2H3/t6-,7+,8+,9+,10-,11+,12+,13-,14+,15-,16-,17+,18+,19-,20+,21+,22-,23-,24+,25-/m0/s1. The zero-order valence-corrected chi connectivity index (χ0v) is 24.3. The molecule has 4 aliphatic heterocycles. The normalized spacial score (nSPS) is 52.9. The molecule has 0 spiro atoms. The Labute approximate surface area is 256 Å². The Kier molecular flexibility index (Phi) is 12.8. The van der Waals surface area contributed by atoms with Gasteiger partial charge in [0.05, 0.1) is 25.9 Å². The number of aliphatic hydroxyl groups is 12. The minimum atomic E-state index is -1.95. The summed E-state index contributed by atoms with van der Waals surface area (Å²) in [5.41, 5.74) is 0. The van der Waals surface area contributed by atoms with Crippen LogP contribution < -0.4 is 0 Å². The topological polar surface area (TPSA) is 317 Å². The van der Waals surface area contributed by atoms with Gasteiger partial charge in [-0.1, -0.05) is 0 Å². The highest BCUT2D eigenvalue weighted by Gasteiger charge is 2.56. The van der Waals surface area contributed by atoms with Gasteiger partial charge in [0.2, 0.25) is 0 Å². The number of ether oxygens (including phenoxy) is 8. The molecule has 0 bridgehead atoms. The first kappa shape index (κ1) is 37.0. The second-order valence-electron chi connectivity index (χ2n) is 11.3. The largest absolute Gasteiger partial charge is 0.394 e. The first-order valence-corrected chi connectivity index (χ1v) is 14.4. The highest BCUT2D eigenvalue weighted by molar-refractivity contribution is 4.98. The summed E-state index contributed by atoms with van der Waals surface area (Å²) in [4.78, 5) is 0. The zero-order valence-electron chi connectivity index (χ0n) is 24.3. The molecule has 0 saturated carbocycles. The summed E-state index contributed by atoms with van der Waals surface area (Å²) in [5.74, 6) is 0. The van der Waals surface area contributed by atoms with Crippen LogP contribution in [0, 0.1) is 0 Å². The fourth-order valence-corrected chi connectivity index (χ4v) is 5.61. The van der Waals surface area contributed by atoms with Crippen molar-refractivity contribution in [2.24, 2.45) is 0 Å². The molecule has 12 N–H and O–H groups in total. The van der Waals surface area contributed by atoms with Crippen molar-refractivity contribution in [3.8, 4) is 0 Å². The van der Waals surface area contributed by atoms with E-state index in [4.69, 9.17) is 37.9 Å². The summed E-state index contributed by atoms with van der Waals surface area (Å²) in [6, 6.07) is 0. The van der Waals surface area contributed by atoms with Gasteiger partial charge in [-0.25, -0.2) is 0 Å². The Hall–Kier alpha value is -0.800. The molecule has 4 aliphatic rings. The number of hydrogen-bond acceptors (Lipinski definition) is 20. The van der Waals surface area contributed by atoms with Crippen LogP contribution in [0.25, 0.3) is 0 Å². The molecule has 0 unspecified atom stereocenters. The van der Waals surface area contributed by atoms with Crippen LogP contribution in [-0.4, -0.2) is 211 Å². The van der Waals surface area contributed by atoms with Gasteiger partial charge in [-0.3, -0.25) is 0 Å². The summed E-state index contributed by atoms with van der Waals surface area (Å²) in [6.45, 7) is -1.03. The highest BCUT2D eigenvalue weighted by atomic mass is 16.8. The first-order chi connectivity index (χ1) is 21.3. The lowest BCUT2D eigenvalue weighted by Crippen LogP contribution is -2.68. The van der Waals surface area contributed by atoms with Crippen LogP contribution in [0.2, 0.25) is 0 Å². The number of hydrogen-bond donors (Lipinski definition) is 12. The molecule has 20 heteroatoms. The quantitative estimate of drug-likeness (QED) is 0.103. The molecule has 0 aromatic heterocycles. The number of aliphatic hydroxyl groups excluding tert-OH is 12. The van der Waals surface area contributed by atoms with Crippen molar-refractivity contribution in [3.63, 3.8) is 0 Å². The van der Waals surface area contributed by atoms with E-state index in [2.05, 4.69) is 0 Å². The van der Waals surface area contributed by atoms with Gasteiger partial charge in [0.1, 0.15) is 91.6 Å². The second-order valence-corrected chi connectivity index (χ2v) is 11.3. The van der Waals surface area contributed by atoms with Crippen LogP contribution in [-0.2, 0) is 37.9 Å². The van der Waals surface area contributed by atoms with Gasteiger partial charge in [-0.2, -0.15) is 0 Å². The van der Waals surface area contributed by atoms with Gasteiger partial charge in [0, 0.05) is 7.11 Å². The van der Waals surface area contributed by atoms with Crippen LogP contribution in [0.5, 0.6) is 0 Å². The first-order valence-electron chi connectivity index (χ1n) is 14.4. The molecule has 264 valence electrons. The zero-order chi connectivity index (χ0) is 33.3. The van der Waals surface area contributed by atoms with Gasteiger partial charge in [-0.15, -0.1) is 0 Å². The van der Waals surface area contributed by atoms with E-state index in [1.165, 1.54) is 14.0 Å². The van der Waals surface area contributed by atoms with Crippen molar-refractivity contribution in [2.75, 3.05) is 26.9 Å². The molecule has 4 heterocycles. The molecule has 20 nitrogen and oxygen atoms in total. The van der Waals surface area contributed by atoms with Crippen molar-refractivity contribution >= 4 is 0 Å². The lowest BCUT2D eigenvalue weighted by Gasteiger charge is -2.50. The Bertz CT molecular complexity index is 916. The van der Waals surface area contributed by atoms with Crippen molar-refractivity contribution < 1.29 is 99.2 Å². The smallest absolute Gasteiger partial charge is 0.187 e. The van der Waals surface area contributed by atoms with E-state index in [9.17, 15) is 61.3 Å². The maximum absolute atomic E-state index is 11.2. The lowest BCUT2D eigenvalue weighted by atomic mass is 9.95. The molecule has 45 heavy (non-hydrogen) atoms. The highest BCUT2D eigenvalue weighted by Crippen LogP contribution is 2.35. The maximum Gasteiger partial charge on any atom is 0.187 e. The third-order valence-electron chi connectivity index (χ3n) is 8.39. The molecular formula is C25H44O20. The van der Waals surface area contributed by atoms with Gasteiger partial charge in [0.15, 0.2) is 25.2 Å². The van der Waals surface area contributed by atoms with Crippen molar-refractivity contribution in [1.29, 1.82) is 0 Å². The summed E-state index contributed by atoms with van der Waals surface area (Å²) < 4.78 is 44.8. The summed E-state index contributed by atoms with van der Waals surface area (Å²) in [7, 11) is 1.17. The molecule has 0 aliphatic carbocycles. The van der Waals surface area contributed by atoms with Crippen LogP contribution in [0.4, 0.5) is 0 Å². The molecule has 20 atom stereocenters. The van der Waals surface area contributed by atoms with E-state index in [-0.39, 0.29) is 0 Å². The van der Waals surface area contributed by atoms with Gasteiger partial charge < -0.3 is 99.2 Å². The summed E-state index contributed by atoms with van der Waals surface area (Å²) in [6.07, 6.45) is -33.3. The minimum Gasteiger partial charge on any atom is -0.394 e. The number of rotatable bonds is 10. The third-order valence-corrected chi connectivity index (χ3v) is 8.39. The monoisotopic (exact) mass is 664 g/mol. The van der Waals surface area contributed by atoms with Crippen molar-refractivity contribution in [1.82, 2.24) is 0 Å². The SMILES string of the molecule is CO[C@@H]1O[C@H](CO)[C@H](O)[C@H](O[C@@H]2O[C@H](CO)[C@@H](O)[C@H](O)[C@H]2O[C@@H]2O[C@H](CO)[C@@H](O)[C@H](O)[C@H]2O)[C@H]1O[C@@H]1O[C@@H](C)[C@H](O)[C@@H](O)[C@H]1O. The van der Waals surface area contributed by atoms with E-state index >= 15 is 0 Å². The summed E-state index contributed by atoms with van der Waals surface area (Å²) >= 11 is 0. The van der Waals surface area contributed by atoms with Gasteiger partial charge >= 0.3 is 0 Å². The Morgan fingerprint density at radius 1 is 0.422 bits per heavy atom. The maximum atomic E-state index is 11.2. The number of methoxy groups -OCH3 is 1. The predicted molar refractivity (Wildman–Crippen MR) is 137 cm³/mol. The molecule has 0 amide bonds. The molecule has 4 saturated heterocycles. The lowest BCUT2D eigenvalue weighted by molar-refractivity contribution is -0.402. The Morgan fingerprint density at radius 3 is 1.40 bits per heavy atom. The van der Waals surface area contributed by atoms with E-state index in [1.807, 2.05) is 0 Å². The van der Waals surface area contributed by atoms with Crippen LogP contribution in [0.1, 0.15) is 6.92 Å². The van der Waals surface area contributed by atoms with E-state index in [0.717, 1.165) is 0 Å². The molecule has 0 aromatic rings. The second kappa shape index (κ2) is 15.6. The Morgan fingerprint density at radius 2 is 0.844 bits per heavy atom.